The Bertz CT molecular complexity index is 1150. The van der Waals surface area contributed by atoms with Crippen LogP contribution in [0.5, 0.6) is 5.75 Å². The fourth-order valence-electron chi connectivity index (χ4n) is 4.37. The van der Waals surface area contributed by atoms with Crippen molar-refractivity contribution in [3.8, 4) is 11.4 Å². The van der Waals surface area contributed by atoms with Gasteiger partial charge < -0.3 is 19.7 Å². The van der Waals surface area contributed by atoms with Crippen LogP contribution < -0.4 is 20.5 Å². The third-order valence-electron chi connectivity index (χ3n) is 6.22. The maximum Gasteiger partial charge on any atom is 0.258 e. The van der Waals surface area contributed by atoms with Crippen LogP contribution in [0.2, 0.25) is 5.02 Å². The molecular weight excluding hydrogens is 454 g/mol. The highest BCUT2D eigenvalue weighted by Gasteiger charge is 2.27. The molecule has 9 heteroatoms. The first-order valence-electron chi connectivity index (χ1n) is 11.7. The summed E-state index contributed by atoms with van der Waals surface area (Å²) in [5, 5.41) is 3.95. The van der Waals surface area contributed by atoms with E-state index < -0.39 is 0 Å². The first kappa shape index (κ1) is 22.8. The van der Waals surface area contributed by atoms with Gasteiger partial charge >= 0.3 is 0 Å². The highest BCUT2D eigenvalue weighted by atomic mass is 35.5. The van der Waals surface area contributed by atoms with Crippen molar-refractivity contribution < 1.29 is 9.47 Å². The molecule has 34 heavy (non-hydrogen) atoms. The average molecular weight is 482 g/mol. The van der Waals surface area contributed by atoms with Crippen molar-refractivity contribution in [1.29, 1.82) is 0 Å². The van der Waals surface area contributed by atoms with Crippen LogP contribution in [0.4, 0.5) is 5.82 Å². The molecule has 0 bridgehead atoms. The maximum absolute atomic E-state index is 12.7. The van der Waals surface area contributed by atoms with Gasteiger partial charge in [0.15, 0.2) is 0 Å². The number of hydrogen-bond acceptors (Lipinski definition) is 7. The van der Waals surface area contributed by atoms with Crippen molar-refractivity contribution in [1.82, 2.24) is 19.9 Å². The lowest BCUT2D eigenvalue weighted by Crippen LogP contribution is -2.35. The predicted octanol–water partition coefficient (Wildman–Crippen LogP) is 3.21. The lowest BCUT2D eigenvalue weighted by molar-refractivity contribution is -0.0153. The Morgan fingerprint density at radius 3 is 2.65 bits per heavy atom. The van der Waals surface area contributed by atoms with Gasteiger partial charge in [0.25, 0.3) is 5.56 Å². The molecule has 0 spiro atoms. The third-order valence-corrected chi connectivity index (χ3v) is 6.44. The Morgan fingerprint density at radius 1 is 1.03 bits per heavy atom. The molecule has 1 atom stereocenters. The zero-order chi connectivity index (χ0) is 23.3. The Balaban J connectivity index is 1.18. The first-order chi connectivity index (χ1) is 16.6. The molecule has 0 aromatic carbocycles. The van der Waals surface area contributed by atoms with Gasteiger partial charge in [-0.2, -0.15) is 0 Å². The van der Waals surface area contributed by atoms with Gasteiger partial charge in [-0.05, 0) is 62.7 Å². The minimum absolute atomic E-state index is 0.187. The molecule has 5 heterocycles. The number of ether oxygens (including phenoxy) is 2. The quantitative estimate of drug-likeness (QED) is 0.555. The van der Waals surface area contributed by atoms with Gasteiger partial charge in [0.1, 0.15) is 18.2 Å². The van der Waals surface area contributed by atoms with Crippen molar-refractivity contribution >= 4 is 17.4 Å². The van der Waals surface area contributed by atoms with E-state index in [1.807, 2.05) is 12.1 Å². The molecule has 0 amide bonds. The first-order valence-corrected chi connectivity index (χ1v) is 12.1. The number of aromatic nitrogens is 3. The molecule has 3 aromatic rings. The lowest BCUT2D eigenvalue weighted by Gasteiger charge is -2.26. The average Bonchev–Trinajstić information content (AvgIpc) is 3.33. The summed E-state index contributed by atoms with van der Waals surface area (Å²) in [6, 6.07) is 10.7. The summed E-state index contributed by atoms with van der Waals surface area (Å²) < 4.78 is 13.6. The van der Waals surface area contributed by atoms with Crippen LogP contribution in [0.3, 0.4) is 0 Å². The molecule has 2 aliphatic heterocycles. The molecule has 1 N–H and O–H groups in total. The maximum atomic E-state index is 12.7. The van der Waals surface area contributed by atoms with Crippen LogP contribution in [0, 0.1) is 0 Å². The Hall–Kier alpha value is -2.94. The van der Waals surface area contributed by atoms with Gasteiger partial charge in [-0.25, -0.2) is 4.98 Å². The summed E-state index contributed by atoms with van der Waals surface area (Å²) in [7, 11) is 0. The minimum Gasteiger partial charge on any atom is -0.487 e. The SMILES string of the molecule is O=c1cc(OCc2ccc(Cl)cn2)ccn1-c1ccc(N2CCC(OC3CCNCC3)C2)nc1. The Kier molecular flexibility index (Phi) is 7.08. The molecule has 2 aliphatic rings. The Labute approximate surface area is 203 Å². The minimum atomic E-state index is -0.187. The fraction of sp³-hybridized carbons (Fsp3) is 0.400. The second-order valence-corrected chi connectivity index (χ2v) is 9.08. The second kappa shape index (κ2) is 10.5. The standard InChI is InChI=1S/C25H28ClN5O3/c26-18-1-2-19(28-14-18)17-33-22-8-12-31(25(32)13-22)20-3-4-24(29-15-20)30-11-7-23(16-30)34-21-5-9-27-10-6-21/h1-4,8,12-15,21,23,27H,5-7,9-11,16-17H2. The number of piperidine rings is 1. The van der Waals surface area contributed by atoms with Gasteiger partial charge in [-0.15, -0.1) is 0 Å². The van der Waals surface area contributed by atoms with Crippen LogP contribution in [0.1, 0.15) is 25.0 Å². The lowest BCUT2D eigenvalue weighted by atomic mass is 10.1. The topological polar surface area (TPSA) is 81.5 Å². The van der Waals surface area contributed by atoms with Gasteiger partial charge in [0, 0.05) is 31.5 Å². The number of hydrogen-bond donors (Lipinski definition) is 1. The number of rotatable bonds is 7. The van der Waals surface area contributed by atoms with E-state index >= 15 is 0 Å². The third kappa shape index (κ3) is 5.58. The predicted molar refractivity (Wildman–Crippen MR) is 131 cm³/mol. The summed E-state index contributed by atoms with van der Waals surface area (Å²) in [5.41, 5.74) is 1.26. The summed E-state index contributed by atoms with van der Waals surface area (Å²) in [5.74, 6) is 1.39. The molecule has 2 fully saturated rings. The van der Waals surface area contributed by atoms with Crippen molar-refractivity contribution in [3.63, 3.8) is 0 Å². The van der Waals surface area contributed by atoms with E-state index in [-0.39, 0.29) is 18.3 Å². The van der Waals surface area contributed by atoms with Crippen LogP contribution in [0.15, 0.2) is 59.8 Å². The second-order valence-electron chi connectivity index (χ2n) is 8.64. The summed E-state index contributed by atoms with van der Waals surface area (Å²) >= 11 is 5.85. The van der Waals surface area contributed by atoms with E-state index in [1.165, 1.54) is 6.07 Å². The van der Waals surface area contributed by atoms with E-state index in [1.54, 1.807) is 41.4 Å². The van der Waals surface area contributed by atoms with Gasteiger partial charge in [-0.3, -0.25) is 14.3 Å². The molecule has 1 unspecified atom stereocenters. The molecule has 0 saturated carbocycles. The van der Waals surface area contributed by atoms with Crippen LogP contribution >= 0.6 is 11.6 Å². The van der Waals surface area contributed by atoms with Gasteiger partial charge in [0.2, 0.25) is 0 Å². The highest BCUT2D eigenvalue weighted by Crippen LogP contribution is 2.23. The molecule has 178 valence electrons. The van der Waals surface area contributed by atoms with E-state index in [0.29, 0.717) is 22.6 Å². The largest absolute Gasteiger partial charge is 0.487 e. The molecule has 0 aliphatic carbocycles. The van der Waals surface area contributed by atoms with E-state index in [4.69, 9.17) is 21.1 Å². The smallest absolute Gasteiger partial charge is 0.258 e. The highest BCUT2D eigenvalue weighted by molar-refractivity contribution is 6.30. The Morgan fingerprint density at radius 2 is 1.91 bits per heavy atom. The number of nitrogens with one attached hydrogen (secondary N) is 1. The van der Waals surface area contributed by atoms with Gasteiger partial charge in [0.05, 0.1) is 34.8 Å². The number of nitrogens with zero attached hydrogens (tertiary/aromatic N) is 4. The summed E-state index contributed by atoms with van der Waals surface area (Å²) in [4.78, 5) is 23.7. The van der Waals surface area contributed by atoms with Crippen LogP contribution in [0.25, 0.3) is 5.69 Å². The van der Waals surface area contributed by atoms with Crippen molar-refractivity contribution in [2.45, 2.75) is 38.1 Å². The van der Waals surface area contributed by atoms with Crippen molar-refractivity contribution in [3.05, 3.63) is 76.1 Å². The molecule has 2 saturated heterocycles. The number of anilines is 1. The van der Waals surface area contributed by atoms with Crippen LogP contribution in [-0.4, -0.2) is 52.9 Å². The fourth-order valence-corrected chi connectivity index (χ4v) is 4.48. The summed E-state index contributed by atoms with van der Waals surface area (Å²) in [6.07, 6.45) is 8.79. The van der Waals surface area contributed by atoms with Crippen molar-refractivity contribution in [2.24, 2.45) is 0 Å². The molecule has 3 aromatic heterocycles. The molecule has 5 rings (SSSR count). The summed E-state index contributed by atoms with van der Waals surface area (Å²) in [6.45, 7) is 4.11. The van der Waals surface area contributed by atoms with E-state index in [9.17, 15) is 4.79 Å². The molecule has 0 radical (unpaired) electrons. The molecule has 8 nitrogen and oxygen atoms in total. The normalized spacial score (nSPS) is 18.9. The van der Waals surface area contributed by atoms with Crippen LogP contribution in [-0.2, 0) is 11.3 Å². The zero-order valence-corrected chi connectivity index (χ0v) is 19.7. The van der Waals surface area contributed by atoms with Crippen molar-refractivity contribution in [2.75, 3.05) is 31.1 Å². The monoisotopic (exact) mass is 481 g/mol. The van der Waals surface area contributed by atoms with E-state index in [0.717, 1.165) is 57.0 Å². The number of halogens is 1. The van der Waals surface area contributed by atoms with Gasteiger partial charge in [-0.1, -0.05) is 11.6 Å². The number of pyridine rings is 3. The molecular formula is C25H28ClN5O3. The zero-order valence-electron chi connectivity index (χ0n) is 18.9. The van der Waals surface area contributed by atoms with E-state index in [2.05, 4.69) is 20.2 Å².